The summed E-state index contributed by atoms with van der Waals surface area (Å²) < 4.78 is 14.5. The molecule has 2 nitrogen and oxygen atoms in total. The fraction of sp³-hybridized carbons (Fsp3) is 0.400. The minimum atomic E-state index is -1.77. The molecule has 0 heterocycles. The third-order valence-corrected chi connectivity index (χ3v) is 2.05. The van der Waals surface area contributed by atoms with Crippen LogP contribution in [0.2, 0.25) is 0 Å². The second-order valence-electron chi connectivity index (χ2n) is 2.71. The first-order valence-electron chi connectivity index (χ1n) is 4.45. The topological polar surface area (TPSA) is 26.3 Å². The van der Waals surface area contributed by atoms with Gasteiger partial charge in [-0.25, -0.2) is 4.21 Å². The van der Waals surface area contributed by atoms with Crippen LogP contribution in [0.1, 0.15) is 18.9 Å². The van der Waals surface area contributed by atoms with Crippen LogP contribution in [-0.2, 0) is 25.0 Å². The van der Waals surface area contributed by atoms with Gasteiger partial charge >= 0.3 is 0 Å². The Hall–Kier alpha value is -0.450. The first-order valence-corrected chi connectivity index (χ1v) is 6.65. The second-order valence-corrected chi connectivity index (χ2v) is 4.31. The van der Waals surface area contributed by atoms with Gasteiger partial charge in [0.2, 0.25) is 0 Å². The molecule has 1 unspecified atom stereocenters. The molecule has 0 spiro atoms. The van der Waals surface area contributed by atoms with Crippen molar-refractivity contribution in [3.05, 3.63) is 35.9 Å². The minimum Gasteiger partial charge on any atom is -0.292 e. The van der Waals surface area contributed by atoms with Crippen molar-refractivity contribution in [3.8, 4) is 0 Å². The number of hydrogen-bond donors (Lipinski definition) is 1. The van der Waals surface area contributed by atoms with Gasteiger partial charge in [-0.05, 0) is 13.3 Å². The smallest absolute Gasteiger partial charge is 0.133 e. The summed E-state index contributed by atoms with van der Waals surface area (Å²) >= 11 is 4.23. The summed E-state index contributed by atoms with van der Waals surface area (Å²) in [5.74, 6) is 0. The van der Waals surface area contributed by atoms with Crippen LogP contribution in [0.5, 0.6) is 0 Å². The van der Waals surface area contributed by atoms with E-state index in [0.29, 0.717) is 6.61 Å². The summed E-state index contributed by atoms with van der Waals surface area (Å²) in [6, 6.07) is 10.3. The average Bonchev–Trinajstić information content (AvgIpc) is 2.17. The van der Waals surface area contributed by atoms with E-state index in [0.717, 1.165) is 6.42 Å². The number of aryl methyl sites for hydroxylation is 1. The van der Waals surface area contributed by atoms with Crippen LogP contribution in [0.4, 0.5) is 0 Å². The van der Waals surface area contributed by atoms with Crippen molar-refractivity contribution in [3.63, 3.8) is 0 Å². The number of benzene rings is 1. The van der Waals surface area contributed by atoms with Crippen LogP contribution < -0.4 is 0 Å². The zero-order valence-electron chi connectivity index (χ0n) is 8.47. The molecule has 0 aliphatic heterocycles. The Morgan fingerprint density at radius 1 is 1.36 bits per heavy atom. The molecule has 1 aromatic carbocycles. The Balaban J connectivity index is 0.000000241. The van der Waals surface area contributed by atoms with E-state index in [1.54, 1.807) is 0 Å². The van der Waals surface area contributed by atoms with Gasteiger partial charge in [0.05, 0.1) is 6.61 Å². The number of rotatable bonds is 3. The zero-order chi connectivity index (χ0) is 10.8. The first-order chi connectivity index (χ1) is 6.66. The predicted octanol–water partition coefficient (Wildman–Crippen LogP) is 2.27. The minimum absolute atomic E-state index is 0.513. The lowest BCUT2D eigenvalue weighted by atomic mass is 10.2. The SMILES string of the molecule is CCCO[SH](=O)=S.Cc1ccccc1. The summed E-state index contributed by atoms with van der Waals surface area (Å²) in [7, 11) is -1.77. The van der Waals surface area contributed by atoms with Crippen molar-refractivity contribution in [2.45, 2.75) is 20.3 Å². The standard InChI is InChI=1S/C7H8.C3H8O2S2/c1-7-5-3-2-4-6-7;1-2-3-5-7(4)6/h2-6H,1H3;7H,2-3H2,1H3. The van der Waals surface area contributed by atoms with Gasteiger partial charge < -0.3 is 0 Å². The van der Waals surface area contributed by atoms with E-state index in [4.69, 9.17) is 0 Å². The molecule has 0 bridgehead atoms. The lowest BCUT2D eigenvalue weighted by Gasteiger charge is -1.86. The molecule has 1 rings (SSSR count). The Kier molecular flexibility index (Phi) is 8.83. The highest BCUT2D eigenvalue weighted by molar-refractivity contribution is 8.19. The van der Waals surface area contributed by atoms with Gasteiger partial charge in [-0.2, -0.15) is 0 Å². The van der Waals surface area contributed by atoms with E-state index >= 15 is 0 Å². The normalized spacial score (nSPS) is 11.3. The Morgan fingerprint density at radius 3 is 2.14 bits per heavy atom. The zero-order valence-corrected chi connectivity index (χ0v) is 10.2. The molecule has 1 aromatic rings. The van der Waals surface area contributed by atoms with Crippen molar-refractivity contribution in [1.29, 1.82) is 0 Å². The summed E-state index contributed by atoms with van der Waals surface area (Å²) in [6.45, 7) is 4.53. The van der Waals surface area contributed by atoms with Crippen molar-refractivity contribution >= 4 is 20.8 Å². The van der Waals surface area contributed by atoms with Gasteiger partial charge in [-0.3, -0.25) is 4.18 Å². The van der Waals surface area contributed by atoms with Crippen LogP contribution in [0.15, 0.2) is 30.3 Å². The highest BCUT2D eigenvalue weighted by atomic mass is 32.8. The van der Waals surface area contributed by atoms with Crippen LogP contribution in [0, 0.1) is 6.92 Å². The second kappa shape index (κ2) is 9.12. The summed E-state index contributed by atoms with van der Waals surface area (Å²) in [5.41, 5.74) is 1.32. The molecule has 0 aliphatic carbocycles. The molecule has 0 saturated heterocycles. The van der Waals surface area contributed by atoms with Crippen LogP contribution in [-0.4, -0.2) is 10.8 Å². The molecule has 0 aliphatic rings. The van der Waals surface area contributed by atoms with E-state index in [-0.39, 0.29) is 0 Å². The monoisotopic (exact) mass is 232 g/mol. The lowest BCUT2D eigenvalue weighted by Crippen LogP contribution is -1.86. The molecular formula is C10H16O2S2. The fourth-order valence-electron chi connectivity index (χ4n) is 0.700. The third-order valence-electron chi connectivity index (χ3n) is 1.34. The van der Waals surface area contributed by atoms with Gasteiger partial charge in [-0.1, -0.05) is 42.8 Å². The quantitative estimate of drug-likeness (QED) is 0.810. The molecule has 0 N–H and O–H groups in total. The van der Waals surface area contributed by atoms with Gasteiger partial charge in [-0.15, -0.1) is 0 Å². The van der Waals surface area contributed by atoms with Gasteiger partial charge in [0.15, 0.2) is 0 Å². The maximum Gasteiger partial charge on any atom is 0.133 e. The van der Waals surface area contributed by atoms with E-state index in [2.05, 4.69) is 34.4 Å². The van der Waals surface area contributed by atoms with E-state index < -0.39 is 9.64 Å². The van der Waals surface area contributed by atoms with Crippen LogP contribution in [0.25, 0.3) is 0 Å². The van der Waals surface area contributed by atoms with Crippen molar-refractivity contribution in [2.24, 2.45) is 0 Å². The predicted molar refractivity (Wildman–Crippen MR) is 64.3 cm³/mol. The molecule has 0 fully saturated rings. The highest BCUT2D eigenvalue weighted by Crippen LogP contribution is 1.92. The molecule has 0 aromatic heterocycles. The molecule has 4 heteroatoms. The first kappa shape index (κ1) is 13.5. The molecule has 0 amide bonds. The lowest BCUT2D eigenvalue weighted by molar-refractivity contribution is 0.357. The maximum atomic E-state index is 9.94. The van der Waals surface area contributed by atoms with Crippen LogP contribution in [0.3, 0.4) is 0 Å². The molecule has 0 radical (unpaired) electrons. The molecule has 0 saturated carbocycles. The van der Waals surface area contributed by atoms with Crippen molar-refractivity contribution in [1.82, 2.24) is 0 Å². The Labute approximate surface area is 92.2 Å². The number of hydrogen-bond acceptors (Lipinski definition) is 3. The maximum absolute atomic E-state index is 9.94. The summed E-state index contributed by atoms with van der Waals surface area (Å²) in [4.78, 5) is 0. The van der Waals surface area contributed by atoms with Crippen molar-refractivity contribution in [2.75, 3.05) is 6.61 Å². The van der Waals surface area contributed by atoms with E-state index in [1.165, 1.54) is 5.56 Å². The van der Waals surface area contributed by atoms with E-state index in [1.807, 2.05) is 25.1 Å². The largest absolute Gasteiger partial charge is 0.292 e. The molecule has 80 valence electrons. The molecular weight excluding hydrogens is 216 g/mol. The molecule has 1 atom stereocenters. The van der Waals surface area contributed by atoms with E-state index in [9.17, 15) is 4.21 Å². The third kappa shape index (κ3) is 9.64. The van der Waals surface area contributed by atoms with Crippen LogP contribution >= 0.6 is 0 Å². The molecule has 14 heavy (non-hydrogen) atoms. The highest BCUT2D eigenvalue weighted by Gasteiger charge is 1.76. The number of thiol groups is 1. The average molecular weight is 232 g/mol. The van der Waals surface area contributed by atoms with Gasteiger partial charge in [0, 0.05) is 11.2 Å². The summed E-state index contributed by atoms with van der Waals surface area (Å²) in [5, 5.41) is 0. The Bertz CT molecular complexity index is 286. The van der Waals surface area contributed by atoms with Gasteiger partial charge in [0.1, 0.15) is 9.64 Å². The fourth-order valence-corrected chi connectivity index (χ4v) is 1.26. The summed E-state index contributed by atoms with van der Waals surface area (Å²) in [6.07, 6.45) is 0.873. The van der Waals surface area contributed by atoms with Crippen molar-refractivity contribution < 1.29 is 8.39 Å². The Morgan fingerprint density at radius 2 is 1.93 bits per heavy atom. The van der Waals surface area contributed by atoms with Gasteiger partial charge in [0.25, 0.3) is 0 Å².